The quantitative estimate of drug-likeness (QED) is 0.905. The van der Waals surface area contributed by atoms with Crippen molar-refractivity contribution in [3.05, 3.63) is 23.8 Å². The van der Waals surface area contributed by atoms with E-state index in [1.807, 2.05) is 25.1 Å². The lowest BCUT2D eigenvalue weighted by molar-refractivity contribution is -0.128. The molecular weight excluding hydrogens is 270 g/mol. The van der Waals surface area contributed by atoms with Crippen LogP contribution in [0.4, 0.5) is 0 Å². The first-order valence-corrected chi connectivity index (χ1v) is 7.25. The van der Waals surface area contributed by atoms with Crippen molar-refractivity contribution in [3.8, 4) is 11.5 Å². The van der Waals surface area contributed by atoms with Crippen LogP contribution in [0.3, 0.4) is 0 Å². The second-order valence-corrected chi connectivity index (χ2v) is 5.22. The van der Waals surface area contributed by atoms with Crippen LogP contribution in [-0.2, 0) is 9.53 Å². The zero-order chi connectivity index (χ0) is 15.2. The first-order valence-electron chi connectivity index (χ1n) is 7.25. The molecule has 116 valence electrons. The second-order valence-electron chi connectivity index (χ2n) is 5.22. The summed E-state index contributed by atoms with van der Waals surface area (Å²) in [5.41, 5.74) is 0.943. The van der Waals surface area contributed by atoms with Crippen LogP contribution in [0.2, 0.25) is 0 Å². The lowest BCUT2D eigenvalue weighted by Crippen LogP contribution is -2.35. The third-order valence-corrected chi connectivity index (χ3v) is 3.86. The molecule has 1 aromatic carbocycles. The topological polar surface area (TPSA) is 56.8 Å². The van der Waals surface area contributed by atoms with E-state index in [-0.39, 0.29) is 17.9 Å². The highest BCUT2D eigenvalue weighted by molar-refractivity contribution is 5.79. The van der Waals surface area contributed by atoms with Gasteiger partial charge in [0.05, 0.1) is 20.3 Å². The maximum Gasteiger partial charge on any atom is 0.223 e. The van der Waals surface area contributed by atoms with Gasteiger partial charge in [-0.1, -0.05) is 0 Å². The summed E-state index contributed by atoms with van der Waals surface area (Å²) in [7, 11) is 3.23. The Balaban J connectivity index is 2.05. The van der Waals surface area contributed by atoms with E-state index in [0.717, 1.165) is 24.2 Å². The lowest BCUT2D eigenvalue weighted by atomic mass is 9.98. The van der Waals surface area contributed by atoms with Gasteiger partial charge in [-0.05, 0) is 31.9 Å². The Bertz CT molecular complexity index is 483. The fraction of sp³-hybridized carbons (Fsp3) is 0.562. The zero-order valence-electron chi connectivity index (χ0n) is 12.8. The molecule has 1 heterocycles. The van der Waals surface area contributed by atoms with Gasteiger partial charge in [0.1, 0.15) is 11.5 Å². The van der Waals surface area contributed by atoms with Crippen molar-refractivity contribution in [1.82, 2.24) is 5.32 Å². The zero-order valence-corrected chi connectivity index (χ0v) is 12.8. The summed E-state index contributed by atoms with van der Waals surface area (Å²) >= 11 is 0. The van der Waals surface area contributed by atoms with Crippen LogP contribution in [-0.4, -0.2) is 33.3 Å². The predicted molar refractivity (Wildman–Crippen MR) is 79.6 cm³/mol. The average Bonchev–Trinajstić information content (AvgIpc) is 2.54. The molecule has 1 fully saturated rings. The highest BCUT2D eigenvalue weighted by atomic mass is 16.5. The summed E-state index contributed by atoms with van der Waals surface area (Å²) in [4.78, 5) is 12.3. The van der Waals surface area contributed by atoms with Gasteiger partial charge < -0.3 is 19.5 Å². The standard InChI is InChI=1S/C16H23NO4/c1-11(17-16(18)12-6-8-21-9-7-12)14-5-4-13(19-2)10-15(14)20-3/h4-5,10-12H,6-9H2,1-3H3,(H,17,18). The van der Waals surface area contributed by atoms with Crippen molar-refractivity contribution >= 4 is 5.91 Å². The number of carbonyl (C=O) groups is 1. The number of carbonyl (C=O) groups excluding carboxylic acids is 1. The van der Waals surface area contributed by atoms with Crippen LogP contribution in [0.25, 0.3) is 0 Å². The van der Waals surface area contributed by atoms with E-state index in [4.69, 9.17) is 14.2 Å². The molecule has 0 saturated carbocycles. The number of methoxy groups -OCH3 is 2. The van der Waals surface area contributed by atoms with Gasteiger partial charge in [-0.2, -0.15) is 0 Å². The van der Waals surface area contributed by atoms with Crippen LogP contribution in [0.5, 0.6) is 11.5 Å². The maximum atomic E-state index is 12.3. The van der Waals surface area contributed by atoms with Crippen molar-refractivity contribution in [2.75, 3.05) is 27.4 Å². The summed E-state index contributed by atoms with van der Waals surface area (Å²) in [5, 5.41) is 3.06. The molecule has 0 aliphatic carbocycles. The molecule has 1 unspecified atom stereocenters. The minimum absolute atomic E-state index is 0.0467. The predicted octanol–water partition coefficient (Wildman–Crippen LogP) is 2.31. The SMILES string of the molecule is COc1ccc(C(C)NC(=O)C2CCOCC2)c(OC)c1. The van der Waals surface area contributed by atoms with E-state index >= 15 is 0 Å². The van der Waals surface area contributed by atoms with Crippen LogP contribution >= 0.6 is 0 Å². The molecule has 1 amide bonds. The van der Waals surface area contributed by atoms with Crippen LogP contribution in [0.1, 0.15) is 31.4 Å². The summed E-state index contributed by atoms with van der Waals surface area (Å²) in [5.74, 6) is 1.58. The molecule has 1 saturated heterocycles. The molecule has 1 aromatic rings. The van der Waals surface area contributed by atoms with E-state index in [1.165, 1.54) is 0 Å². The molecule has 0 radical (unpaired) electrons. The maximum absolute atomic E-state index is 12.3. The normalized spacial score (nSPS) is 17.1. The summed E-state index contributed by atoms with van der Waals surface area (Å²) in [6.45, 7) is 3.29. The molecule has 2 rings (SSSR count). The van der Waals surface area contributed by atoms with E-state index in [9.17, 15) is 4.79 Å². The van der Waals surface area contributed by atoms with Gasteiger partial charge in [-0.15, -0.1) is 0 Å². The van der Waals surface area contributed by atoms with E-state index in [1.54, 1.807) is 14.2 Å². The van der Waals surface area contributed by atoms with Gasteiger partial charge in [-0.25, -0.2) is 0 Å². The first-order chi connectivity index (χ1) is 10.2. The van der Waals surface area contributed by atoms with Crippen molar-refractivity contribution in [2.45, 2.75) is 25.8 Å². The number of hydrogen-bond acceptors (Lipinski definition) is 4. The summed E-state index contributed by atoms with van der Waals surface area (Å²) in [6, 6.07) is 5.51. The Morgan fingerprint density at radius 3 is 2.62 bits per heavy atom. The number of nitrogens with one attached hydrogen (secondary N) is 1. The van der Waals surface area contributed by atoms with Gasteiger partial charge in [0.25, 0.3) is 0 Å². The van der Waals surface area contributed by atoms with Crippen molar-refractivity contribution < 1.29 is 19.0 Å². The molecule has 1 aliphatic heterocycles. The Morgan fingerprint density at radius 2 is 2.00 bits per heavy atom. The molecule has 0 aromatic heterocycles. The largest absolute Gasteiger partial charge is 0.497 e. The number of amides is 1. The van der Waals surface area contributed by atoms with Crippen molar-refractivity contribution in [2.24, 2.45) is 5.92 Å². The molecule has 1 aliphatic rings. The van der Waals surface area contributed by atoms with Gasteiger partial charge in [0.2, 0.25) is 5.91 Å². The van der Waals surface area contributed by atoms with Crippen molar-refractivity contribution in [1.29, 1.82) is 0 Å². The molecule has 0 spiro atoms. The van der Waals surface area contributed by atoms with Gasteiger partial charge in [0, 0.05) is 30.8 Å². The Kier molecular flexibility index (Phi) is 5.44. The molecule has 21 heavy (non-hydrogen) atoms. The van der Waals surface area contributed by atoms with Crippen LogP contribution in [0, 0.1) is 5.92 Å². The molecule has 5 nitrogen and oxygen atoms in total. The minimum atomic E-state index is -0.110. The molecule has 1 N–H and O–H groups in total. The van der Waals surface area contributed by atoms with Crippen LogP contribution < -0.4 is 14.8 Å². The number of ether oxygens (including phenoxy) is 3. The average molecular weight is 293 g/mol. The minimum Gasteiger partial charge on any atom is -0.497 e. The third-order valence-electron chi connectivity index (χ3n) is 3.86. The number of rotatable bonds is 5. The second kappa shape index (κ2) is 7.31. The van der Waals surface area contributed by atoms with Crippen LogP contribution in [0.15, 0.2) is 18.2 Å². The smallest absolute Gasteiger partial charge is 0.223 e. The molecule has 1 atom stereocenters. The third kappa shape index (κ3) is 3.88. The lowest BCUT2D eigenvalue weighted by Gasteiger charge is -2.24. The van der Waals surface area contributed by atoms with Gasteiger partial charge in [-0.3, -0.25) is 4.79 Å². The monoisotopic (exact) mass is 293 g/mol. The Morgan fingerprint density at radius 1 is 1.29 bits per heavy atom. The van der Waals surface area contributed by atoms with Gasteiger partial charge >= 0.3 is 0 Å². The van der Waals surface area contributed by atoms with Crippen molar-refractivity contribution in [3.63, 3.8) is 0 Å². The Hall–Kier alpha value is -1.75. The summed E-state index contributed by atoms with van der Waals surface area (Å²) < 4.78 is 15.9. The number of benzene rings is 1. The highest BCUT2D eigenvalue weighted by Crippen LogP contribution is 2.29. The van der Waals surface area contributed by atoms with E-state index in [0.29, 0.717) is 19.0 Å². The summed E-state index contributed by atoms with van der Waals surface area (Å²) in [6.07, 6.45) is 1.58. The Labute approximate surface area is 125 Å². The molecular formula is C16H23NO4. The first kappa shape index (κ1) is 15.6. The fourth-order valence-electron chi connectivity index (χ4n) is 2.54. The van der Waals surface area contributed by atoms with E-state index in [2.05, 4.69) is 5.32 Å². The van der Waals surface area contributed by atoms with Gasteiger partial charge in [0.15, 0.2) is 0 Å². The molecule has 5 heteroatoms. The molecule has 0 bridgehead atoms. The van der Waals surface area contributed by atoms with E-state index < -0.39 is 0 Å². The highest BCUT2D eigenvalue weighted by Gasteiger charge is 2.24. The number of hydrogen-bond donors (Lipinski definition) is 1. The fourth-order valence-corrected chi connectivity index (χ4v) is 2.54.